The molecule has 0 bridgehead atoms. The molecule has 0 saturated heterocycles. The molecule has 6 aromatic carbocycles. The van der Waals surface area contributed by atoms with E-state index in [0.29, 0.717) is 24.9 Å². The second-order valence-corrected chi connectivity index (χ2v) is 19.6. The molecule has 0 saturated carbocycles. The highest BCUT2D eigenvalue weighted by Gasteiger charge is 2.50. The Morgan fingerprint density at radius 1 is 0.383 bits per heavy atom. The first-order chi connectivity index (χ1) is 23.1. The Morgan fingerprint density at radius 2 is 0.660 bits per heavy atom. The minimum absolute atomic E-state index is 0.551. The molecule has 6 rings (SSSR count). The first-order valence-corrected chi connectivity index (χ1v) is 20.7. The zero-order valence-corrected chi connectivity index (χ0v) is 28.6. The molecular weight excluding hydrogens is 609 g/mol. The van der Waals surface area contributed by atoms with Gasteiger partial charge in [0.05, 0.1) is 12.2 Å². The third-order valence-electron chi connectivity index (χ3n) is 9.20. The predicted octanol–water partition coefficient (Wildman–Crippen LogP) is 6.77. The third-order valence-corrected chi connectivity index (χ3v) is 19.0. The lowest BCUT2D eigenvalue weighted by Crippen LogP contribution is -2.75. The Labute approximate surface area is 281 Å². The average Bonchev–Trinajstić information content (AvgIpc) is 3.16. The molecule has 0 fully saturated rings. The van der Waals surface area contributed by atoms with E-state index in [9.17, 15) is 10.2 Å². The van der Waals surface area contributed by atoms with Gasteiger partial charge in [-0.25, -0.2) is 0 Å². The molecule has 2 N–H and O–H groups in total. The van der Waals surface area contributed by atoms with Crippen molar-refractivity contribution in [1.82, 2.24) is 0 Å². The fourth-order valence-corrected chi connectivity index (χ4v) is 17.9. The van der Waals surface area contributed by atoms with Crippen LogP contribution in [0.1, 0.15) is 36.2 Å². The van der Waals surface area contributed by atoms with Crippen LogP contribution in [0.25, 0.3) is 0 Å². The van der Waals surface area contributed by atoms with Gasteiger partial charge in [-0.15, -0.1) is 0 Å². The maximum absolute atomic E-state index is 11.6. The quantitative estimate of drug-likeness (QED) is 0.101. The minimum atomic E-state index is -3.15. The van der Waals surface area contributed by atoms with Crippen molar-refractivity contribution >= 4 is 37.4 Å². The van der Waals surface area contributed by atoms with Crippen molar-refractivity contribution in [3.8, 4) is 0 Å². The molecule has 0 heterocycles. The fraction of sp³-hybridized carbons (Fsp3) is 0.143. The summed E-state index contributed by atoms with van der Waals surface area (Å²) in [7, 11) is -6.15. The van der Waals surface area contributed by atoms with Gasteiger partial charge in [0.1, 0.15) is 0 Å². The smallest absolute Gasteiger partial charge is 0.278 e. The molecule has 6 aromatic rings. The highest BCUT2D eigenvalue weighted by atomic mass is 28.4. The molecular formula is C42H42O3Si2. The maximum atomic E-state index is 11.6. The molecule has 0 amide bonds. The van der Waals surface area contributed by atoms with Crippen molar-refractivity contribution in [3.63, 3.8) is 0 Å². The molecule has 47 heavy (non-hydrogen) atoms. The summed E-state index contributed by atoms with van der Waals surface area (Å²) in [5.41, 5.74) is 1.82. The first-order valence-electron chi connectivity index (χ1n) is 16.5. The number of aliphatic hydroxyl groups excluding tert-OH is 2. The highest BCUT2D eigenvalue weighted by molar-refractivity contribution is 7.12. The number of hydrogen-bond acceptors (Lipinski definition) is 3. The average molecular weight is 651 g/mol. The largest absolute Gasteiger partial charge is 0.442 e. The topological polar surface area (TPSA) is 49.7 Å². The van der Waals surface area contributed by atoms with Gasteiger partial charge in [-0.3, -0.25) is 0 Å². The highest BCUT2D eigenvalue weighted by Crippen LogP contribution is 2.33. The SMILES string of the molecule is OC(CC[Si](CCC(O)c1ccccc1)(O[Si](c1ccccc1)(c1ccccc1)c1ccccc1)c1ccccc1)c1ccccc1. The van der Waals surface area contributed by atoms with Crippen molar-refractivity contribution in [3.05, 3.63) is 193 Å². The normalized spacial score (nSPS) is 14.2. The second-order valence-electron chi connectivity index (χ2n) is 12.2. The van der Waals surface area contributed by atoms with Gasteiger partial charge < -0.3 is 14.3 Å². The molecule has 2 atom stereocenters. The van der Waals surface area contributed by atoms with Crippen LogP contribution < -0.4 is 20.7 Å². The summed E-state index contributed by atoms with van der Waals surface area (Å²) >= 11 is 0. The Hall–Kier alpha value is -4.37. The summed E-state index contributed by atoms with van der Waals surface area (Å²) in [6.45, 7) is 0. The Bertz CT molecular complexity index is 1630. The zero-order valence-electron chi connectivity index (χ0n) is 26.6. The molecule has 0 aliphatic carbocycles. The van der Waals surface area contributed by atoms with Crippen LogP contribution >= 0.6 is 0 Å². The molecule has 0 aliphatic rings. The van der Waals surface area contributed by atoms with E-state index >= 15 is 0 Å². The predicted molar refractivity (Wildman–Crippen MR) is 199 cm³/mol. The van der Waals surface area contributed by atoms with E-state index in [1.165, 1.54) is 20.7 Å². The molecule has 0 aromatic heterocycles. The Kier molecular flexibility index (Phi) is 10.7. The number of aliphatic hydroxyl groups is 2. The van der Waals surface area contributed by atoms with Gasteiger partial charge in [-0.05, 0) is 56.8 Å². The monoisotopic (exact) mass is 650 g/mol. The number of benzene rings is 6. The molecule has 0 spiro atoms. The molecule has 2 unspecified atom stereocenters. The summed E-state index contributed by atoms with van der Waals surface area (Å²) in [5, 5.41) is 27.8. The lowest BCUT2D eigenvalue weighted by Gasteiger charge is -2.44. The summed E-state index contributed by atoms with van der Waals surface area (Å²) < 4.78 is 8.20. The molecule has 5 heteroatoms. The van der Waals surface area contributed by atoms with Crippen LogP contribution in [0.15, 0.2) is 182 Å². The van der Waals surface area contributed by atoms with Gasteiger partial charge >= 0.3 is 0 Å². The van der Waals surface area contributed by atoms with Crippen LogP contribution in [0.5, 0.6) is 0 Å². The summed E-state index contributed by atoms with van der Waals surface area (Å²) in [6.07, 6.45) is -0.156. The van der Waals surface area contributed by atoms with Gasteiger partial charge in [-0.1, -0.05) is 182 Å². The molecule has 0 radical (unpaired) electrons. The Morgan fingerprint density at radius 3 is 0.979 bits per heavy atom. The summed E-state index contributed by atoms with van der Waals surface area (Å²) in [6, 6.07) is 64.0. The molecule has 0 aliphatic heterocycles. The van der Waals surface area contributed by atoms with Gasteiger partial charge in [0.2, 0.25) is 8.32 Å². The van der Waals surface area contributed by atoms with E-state index in [4.69, 9.17) is 4.12 Å². The summed E-state index contributed by atoms with van der Waals surface area (Å²) in [5.74, 6) is 0. The van der Waals surface area contributed by atoms with Crippen LogP contribution in [0, 0.1) is 0 Å². The van der Waals surface area contributed by atoms with Crippen LogP contribution in [0.2, 0.25) is 12.1 Å². The Balaban J connectivity index is 1.54. The fourth-order valence-electron chi connectivity index (χ4n) is 6.73. The van der Waals surface area contributed by atoms with Crippen LogP contribution in [0.3, 0.4) is 0 Å². The van der Waals surface area contributed by atoms with Crippen molar-refractivity contribution in [2.24, 2.45) is 0 Å². The van der Waals surface area contributed by atoms with Gasteiger partial charge in [-0.2, -0.15) is 0 Å². The van der Waals surface area contributed by atoms with Crippen molar-refractivity contribution in [2.75, 3.05) is 0 Å². The number of rotatable bonds is 14. The van der Waals surface area contributed by atoms with E-state index in [0.717, 1.165) is 11.1 Å². The van der Waals surface area contributed by atoms with E-state index in [1.807, 2.05) is 60.7 Å². The second kappa shape index (κ2) is 15.5. The van der Waals surface area contributed by atoms with Crippen LogP contribution in [-0.4, -0.2) is 26.8 Å². The van der Waals surface area contributed by atoms with Gasteiger partial charge in [0, 0.05) is 0 Å². The minimum Gasteiger partial charge on any atom is -0.442 e. The lowest BCUT2D eigenvalue weighted by molar-refractivity contribution is 0.168. The van der Waals surface area contributed by atoms with Crippen molar-refractivity contribution < 1.29 is 14.3 Å². The summed E-state index contributed by atoms with van der Waals surface area (Å²) in [4.78, 5) is 0. The molecule has 3 nitrogen and oxygen atoms in total. The third kappa shape index (κ3) is 7.46. The zero-order chi connectivity index (χ0) is 32.4. The number of hydrogen-bond donors (Lipinski definition) is 2. The standard InChI is InChI=1S/C42H42O3Si2/c43-41(35-19-7-1-8-20-35)31-33-46(37-23-11-3-12-24-37,34-32-42(44)36-21-9-2-10-22-36)45-47(38-25-13-4-14-26-38,39-27-15-5-16-28-39)40-29-17-6-18-30-40/h1-30,41-44H,31-34H2. The van der Waals surface area contributed by atoms with Gasteiger partial charge in [0.15, 0.2) is 0 Å². The van der Waals surface area contributed by atoms with E-state index in [-0.39, 0.29) is 0 Å². The molecule has 236 valence electrons. The maximum Gasteiger partial charge on any atom is 0.278 e. The van der Waals surface area contributed by atoms with E-state index in [2.05, 4.69) is 121 Å². The first kappa shape index (κ1) is 32.6. The van der Waals surface area contributed by atoms with Gasteiger partial charge in [0.25, 0.3) is 8.32 Å². The lowest BCUT2D eigenvalue weighted by atomic mass is 10.1. The van der Waals surface area contributed by atoms with E-state index < -0.39 is 28.8 Å². The van der Waals surface area contributed by atoms with Crippen LogP contribution in [0.4, 0.5) is 0 Å². The van der Waals surface area contributed by atoms with Crippen LogP contribution in [-0.2, 0) is 4.12 Å². The van der Waals surface area contributed by atoms with E-state index in [1.54, 1.807) is 0 Å². The van der Waals surface area contributed by atoms with Crippen molar-refractivity contribution in [1.29, 1.82) is 0 Å². The van der Waals surface area contributed by atoms with Crippen molar-refractivity contribution in [2.45, 2.75) is 37.1 Å².